The van der Waals surface area contributed by atoms with Gasteiger partial charge in [-0.05, 0) is 37.8 Å². The smallest absolute Gasteiger partial charge is 0.341 e. The third kappa shape index (κ3) is 4.18. The van der Waals surface area contributed by atoms with Gasteiger partial charge in [0.25, 0.3) is 5.91 Å². The van der Waals surface area contributed by atoms with E-state index in [0.29, 0.717) is 11.7 Å². The minimum absolute atomic E-state index is 0.0777. The van der Waals surface area contributed by atoms with Crippen molar-refractivity contribution in [2.75, 3.05) is 13.7 Å². The molecule has 0 bridgehead atoms. The van der Waals surface area contributed by atoms with Crippen LogP contribution in [0, 0.1) is 11.7 Å². The maximum absolute atomic E-state index is 13.7. The summed E-state index contributed by atoms with van der Waals surface area (Å²) in [5.41, 5.74) is -0.223. The molecule has 6 heteroatoms. The molecule has 0 aliphatic heterocycles. The molecule has 0 spiro atoms. The van der Waals surface area contributed by atoms with Crippen LogP contribution < -0.4 is 10.1 Å². The molecule has 1 aliphatic carbocycles. The number of halogens is 1. The average Bonchev–Trinajstić information content (AvgIpc) is 3.29. The van der Waals surface area contributed by atoms with Gasteiger partial charge in [-0.2, -0.15) is 0 Å². The van der Waals surface area contributed by atoms with Crippen LogP contribution in [0.2, 0.25) is 0 Å². The number of nitrogens with one attached hydrogen (secondary N) is 1. The van der Waals surface area contributed by atoms with Crippen LogP contribution in [0.1, 0.15) is 30.1 Å². The minimum Gasteiger partial charge on any atom is -0.497 e. The molecule has 1 fully saturated rings. The topological polar surface area (TPSA) is 64.6 Å². The number of amides is 1. The van der Waals surface area contributed by atoms with Crippen LogP contribution in [0.25, 0.3) is 0 Å². The fourth-order valence-corrected chi connectivity index (χ4v) is 2.01. The normalized spacial score (nSPS) is 15.2. The van der Waals surface area contributed by atoms with Gasteiger partial charge in [-0.15, -0.1) is 0 Å². The number of esters is 1. The first-order valence-electron chi connectivity index (χ1n) is 6.81. The van der Waals surface area contributed by atoms with Crippen molar-refractivity contribution in [3.05, 3.63) is 29.6 Å². The molecule has 0 saturated heterocycles. The van der Waals surface area contributed by atoms with Crippen LogP contribution in [-0.4, -0.2) is 31.6 Å². The Hall–Kier alpha value is -2.11. The summed E-state index contributed by atoms with van der Waals surface area (Å²) in [6.07, 6.45) is 2.22. The predicted octanol–water partition coefficient (Wildman–Crippen LogP) is 1.91. The van der Waals surface area contributed by atoms with Crippen LogP contribution in [0.4, 0.5) is 4.39 Å². The molecule has 1 atom stereocenters. The molecule has 1 aliphatic rings. The molecule has 1 amide bonds. The van der Waals surface area contributed by atoms with Gasteiger partial charge in [0.1, 0.15) is 11.6 Å². The summed E-state index contributed by atoms with van der Waals surface area (Å²) < 4.78 is 23.3. The Morgan fingerprint density at radius 1 is 1.43 bits per heavy atom. The van der Waals surface area contributed by atoms with Crippen molar-refractivity contribution >= 4 is 11.9 Å². The summed E-state index contributed by atoms with van der Waals surface area (Å²) in [4.78, 5) is 23.3. The van der Waals surface area contributed by atoms with E-state index in [1.807, 2.05) is 6.92 Å². The third-order valence-electron chi connectivity index (χ3n) is 3.45. The third-order valence-corrected chi connectivity index (χ3v) is 3.45. The second kappa shape index (κ2) is 6.56. The highest BCUT2D eigenvalue weighted by molar-refractivity contribution is 5.91. The van der Waals surface area contributed by atoms with E-state index >= 15 is 0 Å². The van der Waals surface area contributed by atoms with Crippen molar-refractivity contribution in [1.29, 1.82) is 0 Å². The number of hydrogen-bond donors (Lipinski definition) is 1. The summed E-state index contributed by atoms with van der Waals surface area (Å²) in [6.45, 7) is 1.50. The van der Waals surface area contributed by atoms with Crippen LogP contribution in [0.15, 0.2) is 18.2 Å². The van der Waals surface area contributed by atoms with Gasteiger partial charge in [-0.3, -0.25) is 4.79 Å². The van der Waals surface area contributed by atoms with E-state index in [0.717, 1.165) is 18.9 Å². The number of ether oxygens (including phenoxy) is 2. The number of rotatable bonds is 6. The van der Waals surface area contributed by atoms with E-state index in [1.54, 1.807) is 0 Å². The number of methoxy groups -OCH3 is 1. The van der Waals surface area contributed by atoms with Gasteiger partial charge in [-0.1, -0.05) is 0 Å². The zero-order valence-corrected chi connectivity index (χ0v) is 12.0. The fraction of sp³-hybridized carbons (Fsp3) is 0.467. The zero-order valence-electron chi connectivity index (χ0n) is 12.0. The Labute approximate surface area is 122 Å². The molecule has 1 aromatic rings. The first-order valence-corrected chi connectivity index (χ1v) is 6.81. The van der Waals surface area contributed by atoms with Crippen molar-refractivity contribution < 1.29 is 23.5 Å². The Kier molecular flexibility index (Phi) is 4.77. The van der Waals surface area contributed by atoms with Crippen molar-refractivity contribution in [1.82, 2.24) is 5.32 Å². The second-order valence-electron chi connectivity index (χ2n) is 5.12. The van der Waals surface area contributed by atoms with Crippen LogP contribution in [-0.2, 0) is 9.53 Å². The van der Waals surface area contributed by atoms with E-state index in [9.17, 15) is 14.0 Å². The molecule has 1 saturated carbocycles. The lowest BCUT2D eigenvalue weighted by Crippen LogP contribution is -2.37. The second-order valence-corrected chi connectivity index (χ2v) is 5.12. The molecule has 1 aromatic carbocycles. The molecule has 2 rings (SSSR count). The largest absolute Gasteiger partial charge is 0.497 e. The molecule has 5 nitrogen and oxygen atoms in total. The van der Waals surface area contributed by atoms with E-state index in [-0.39, 0.29) is 17.5 Å². The first kappa shape index (κ1) is 15.3. The number of carbonyl (C=O) groups is 2. The summed E-state index contributed by atoms with van der Waals surface area (Å²) in [6, 6.07) is 3.89. The van der Waals surface area contributed by atoms with Gasteiger partial charge in [0, 0.05) is 12.1 Å². The molecular weight excluding hydrogens is 277 g/mol. The van der Waals surface area contributed by atoms with E-state index in [2.05, 4.69) is 5.32 Å². The van der Waals surface area contributed by atoms with E-state index in [4.69, 9.17) is 9.47 Å². The van der Waals surface area contributed by atoms with Gasteiger partial charge >= 0.3 is 5.97 Å². The minimum atomic E-state index is -0.871. The highest BCUT2D eigenvalue weighted by Crippen LogP contribution is 2.32. The lowest BCUT2D eigenvalue weighted by molar-refractivity contribution is -0.125. The molecule has 0 aromatic heterocycles. The monoisotopic (exact) mass is 295 g/mol. The van der Waals surface area contributed by atoms with Crippen molar-refractivity contribution in [2.24, 2.45) is 5.92 Å². The zero-order chi connectivity index (χ0) is 15.4. The quantitative estimate of drug-likeness (QED) is 0.814. The summed E-state index contributed by atoms with van der Waals surface area (Å²) >= 11 is 0. The molecular formula is C15H18FNO4. The maximum Gasteiger partial charge on any atom is 0.341 e. The number of hydrogen-bond acceptors (Lipinski definition) is 4. The Morgan fingerprint density at radius 2 is 2.14 bits per heavy atom. The van der Waals surface area contributed by atoms with Crippen LogP contribution in [0.3, 0.4) is 0 Å². The molecule has 0 unspecified atom stereocenters. The maximum atomic E-state index is 13.7. The van der Waals surface area contributed by atoms with Gasteiger partial charge in [-0.25, -0.2) is 9.18 Å². The summed E-state index contributed by atoms with van der Waals surface area (Å²) in [7, 11) is 1.40. The van der Waals surface area contributed by atoms with Gasteiger partial charge in [0.15, 0.2) is 6.61 Å². The van der Waals surface area contributed by atoms with Crippen LogP contribution in [0.5, 0.6) is 5.75 Å². The highest BCUT2D eigenvalue weighted by atomic mass is 19.1. The van der Waals surface area contributed by atoms with Crippen molar-refractivity contribution in [2.45, 2.75) is 25.8 Å². The number of benzene rings is 1. The highest BCUT2D eigenvalue weighted by Gasteiger charge is 2.29. The van der Waals surface area contributed by atoms with E-state index in [1.165, 1.54) is 19.2 Å². The van der Waals surface area contributed by atoms with E-state index < -0.39 is 18.4 Å². The standard InChI is InChI=1S/C15H18FNO4/c1-9(10-3-4-10)17-14(18)8-21-15(19)12-6-5-11(20-2)7-13(12)16/h5-7,9-10H,3-4,8H2,1-2H3,(H,17,18)/t9-/m0/s1. The number of carbonyl (C=O) groups excluding carboxylic acids is 2. The van der Waals surface area contributed by atoms with Gasteiger partial charge in [0.05, 0.1) is 12.7 Å². The Balaban J connectivity index is 1.84. The first-order chi connectivity index (χ1) is 10.0. The molecule has 21 heavy (non-hydrogen) atoms. The van der Waals surface area contributed by atoms with Gasteiger partial charge in [0.2, 0.25) is 0 Å². The Morgan fingerprint density at radius 3 is 2.71 bits per heavy atom. The molecule has 1 N–H and O–H groups in total. The van der Waals surface area contributed by atoms with Crippen molar-refractivity contribution in [3.8, 4) is 5.75 Å². The molecule has 0 heterocycles. The van der Waals surface area contributed by atoms with Crippen LogP contribution >= 0.6 is 0 Å². The lowest BCUT2D eigenvalue weighted by atomic mass is 10.2. The van der Waals surface area contributed by atoms with Crippen molar-refractivity contribution in [3.63, 3.8) is 0 Å². The average molecular weight is 295 g/mol. The SMILES string of the molecule is COc1ccc(C(=O)OCC(=O)N[C@@H](C)C2CC2)c(F)c1. The predicted molar refractivity (Wildman–Crippen MR) is 73.6 cm³/mol. The molecule has 114 valence electrons. The van der Waals surface area contributed by atoms with Gasteiger partial charge < -0.3 is 14.8 Å². The Bertz CT molecular complexity index is 542. The fourth-order valence-electron chi connectivity index (χ4n) is 2.01. The summed E-state index contributed by atoms with van der Waals surface area (Å²) in [5.74, 6) is -1.17. The molecule has 0 radical (unpaired) electrons. The lowest BCUT2D eigenvalue weighted by Gasteiger charge is -2.13. The summed E-state index contributed by atoms with van der Waals surface area (Å²) in [5, 5.41) is 2.75.